The molecule has 10 heteroatoms. The molecule has 0 saturated heterocycles. The monoisotopic (exact) mass is 470 g/mol. The number of sulfonamides is 1. The zero-order valence-electron chi connectivity index (χ0n) is 17.2. The van der Waals surface area contributed by atoms with Crippen LogP contribution in [0, 0.1) is 0 Å². The summed E-state index contributed by atoms with van der Waals surface area (Å²) in [6.45, 7) is 0. The van der Waals surface area contributed by atoms with Crippen LogP contribution in [0.15, 0.2) is 71.6 Å². The fourth-order valence-corrected chi connectivity index (χ4v) is 4.30. The number of nitrogens with zero attached hydrogens (tertiary/aromatic N) is 2. The lowest BCUT2D eigenvalue weighted by molar-refractivity contribution is 0.396. The smallest absolute Gasteiger partial charge is 0.263 e. The number of methoxy groups -OCH3 is 2. The molecule has 0 unspecified atom stereocenters. The minimum atomic E-state index is -3.90. The molecule has 0 radical (unpaired) electrons. The predicted octanol–water partition coefficient (Wildman–Crippen LogP) is 4.84. The van der Waals surface area contributed by atoms with Gasteiger partial charge in [-0.05, 0) is 30.3 Å². The van der Waals surface area contributed by atoms with Gasteiger partial charge in [-0.3, -0.25) is 4.72 Å². The number of halogens is 1. The van der Waals surface area contributed by atoms with Crippen molar-refractivity contribution in [2.24, 2.45) is 0 Å². The second-order valence-corrected chi connectivity index (χ2v) is 8.73. The zero-order valence-corrected chi connectivity index (χ0v) is 18.7. The first-order valence-corrected chi connectivity index (χ1v) is 11.3. The van der Waals surface area contributed by atoms with Crippen LogP contribution >= 0.6 is 11.6 Å². The normalized spacial score (nSPS) is 11.2. The maximum absolute atomic E-state index is 12.9. The largest absolute Gasteiger partial charge is 0.495 e. The maximum atomic E-state index is 12.9. The molecule has 32 heavy (non-hydrogen) atoms. The van der Waals surface area contributed by atoms with Crippen LogP contribution in [0.5, 0.6) is 11.5 Å². The highest BCUT2D eigenvalue weighted by Gasteiger charge is 2.20. The van der Waals surface area contributed by atoms with Crippen molar-refractivity contribution in [2.75, 3.05) is 24.3 Å². The number of benzene rings is 3. The van der Waals surface area contributed by atoms with Gasteiger partial charge >= 0.3 is 0 Å². The molecule has 1 heterocycles. The van der Waals surface area contributed by atoms with E-state index in [1.807, 2.05) is 6.07 Å². The van der Waals surface area contributed by atoms with Crippen LogP contribution in [-0.4, -0.2) is 32.6 Å². The molecule has 0 aliphatic heterocycles. The molecule has 0 fully saturated rings. The average Bonchev–Trinajstić information content (AvgIpc) is 2.80. The topological polar surface area (TPSA) is 102 Å². The molecule has 0 atom stereocenters. The molecular weight excluding hydrogens is 452 g/mol. The molecule has 0 amide bonds. The van der Waals surface area contributed by atoms with Crippen molar-refractivity contribution >= 4 is 50.0 Å². The van der Waals surface area contributed by atoms with Gasteiger partial charge in [-0.1, -0.05) is 41.9 Å². The molecular formula is C22H19ClN4O4S. The Balaban J connectivity index is 1.82. The Labute approximate surface area is 190 Å². The standard InChI is InChI=1S/C22H19ClN4O4S/c1-30-19-13-20(31-2)18(12-15(19)23)26-21-22(25-17-11-7-6-10-16(17)24-21)27-32(28,29)14-8-4-3-5-9-14/h3-13H,1-2H3,(H,24,26)(H,25,27). The van der Waals surface area contributed by atoms with Crippen molar-refractivity contribution in [1.29, 1.82) is 0 Å². The first kappa shape index (κ1) is 21.7. The van der Waals surface area contributed by atoms with Gasteiger partial charge in [0.2, 0.25) is 0 Å². The third kappa shape index (κ3) is 4.39. The van der Waals surface area contributed by atoms with Crippen LogP contribution < -0.4 is 19.5 Å². The minimum Gasteiger partial charge on any atom is -0.495 e. The van der Waals surface area contributed by atoms with E-state index in [2.05, 4.69) is 20.0 Å². The summed E-state index contributed by atoms with van der Waals surface area (Å²) in [5.41, 5.74) is 1.57. The number of nitrogens with one attached hydrogen (secondary N) is 2. The molecule has 0 saturated carbocycles. The molecule has 1 aromatic heterocycles. The van der Waals surface area contributed by atoms with Gasteiger partial charge in [-0.2, -0.15) is 0 Å². The fraction of sp³-hybridized carbons (Fsp3) is 0.0909. The van der Waals surface area contributed by atoms with Crippen LogP contribution in [0.4, 0.5) is 17.3 Å². The summed E-state index contributed by atoms with van der Waals surface area (Å²) in [5.74, 6) is 1.08. The summed E-state index contributed by atoms with van der Waals surface area (Å²) < 4.78 is 39.1. The molecule has 4 rings (SSSR count). The SMILES string of the molecule is COc1cc(OC)c(Nc2nc3ccccc3nc2NS(=O)(=O)c2ccccc2)cc1Cl. The number of hydrogen-bond acceptors (Lipinski definition) is 7. The van der Waals surface area contributed by atoms with E-state index < -0.39 is 10.0 Å². The number of ether oxygens (including phenoxy) is 2. The summed E-state index contributed by atoms with van der Waals surface area (Å²) in [5, 5.41) is 3.43. The van der Waals surface area contributed by atoms with E-state index in [1.54, 1.807) is 48.5 Å². The van der Waals surface area contributed by atoms with Gasteiger partial charge in [-0.15, -0.1) is 0 Å². The van der Waals surface area contributed by atoms with Crippen molar-refractivity contribution in [1.82, 2.24) is 9.97 Å². The summed E-state index contributed by atoms with van der Waals surface area (Å²) >= 11 is 6.28. The zero-order chi connectivity index (χ0) is 22.7. The molecule has 0 aliphatic carbocycles. The maximum Gasteiger partial charge on any atom is 0.263 e. The number of hydrogen-bond donors (Lipinski definition) is 2. The highest BCUT2D eigenvalue weighted by Crippen LogP contribution is 2.38. The van der Waals surface area contributed by atoms with Crippen molar-refractivity contribution in [3.05, 3.63) is 71.8 Å². The Bertz CT molecular complexity index is 1380. The Kier molecular flexibility index (Phi) is 6.02. The van der Waals surface area contributed by atoms with Crippen LogP contribution in [0.3, 0.4) is 0 Å². The lowest BCUT2D eigenvalue weighted by Gasteiger charge is -2.16. The van der Waals surface area contributed by atoms with Crippen molar-refractivity contribution in [3.8, 4) is 11.5 Å². The Hall–Kier alpha value is -3.56. The van der Waals surface area contributed by atoms with E-state index in [9.17, 15) is 8.42 Å². The van der Waals surface area contributed by atoms with E-state index in [4.69, 9.17) is 21.1 Å². The highest BCUT2D eigenvalue weighted by atomic mass is 35.5. The van der Waals surface area contributed by atoms with Crippen LogP contribution in [0.1, 0.15) is 0 Å². The lowest BCUT2D eigenvalue weighted by atomic mass is 10.2. The van der Waals surface area contributed by atoms with Crippen LogP contribution in [0.25, 0.3) is 11.0 Å². The van der Waals surface area contributed by atoms with Crippen molar-refractivity contribution in [2.45, 2.75) is 4.90 Å². The van der Waals surface area contributed by atoms with E-state index in [0.717, 1.165) is 0 Å². The van der Waals surface area contributed by atoms with Crippen LogP contribution in [0.2, 0.25) is 5.02 Å². The van der Waals surface area contributed by atoms with Gasteiger partial charge in [0.05, 0.1) is 40.9 Å². The van der Waals surface area contributed by atoms with Gasteiger partial charge in [0.15, 0.2) is 11.6 Å². The number of para-hydroxylation sites is 2. The quantitative estimate of drug-likeness (QED) is 0.398. The van der Waals surface area contributed by atoms with E-state index >= 15 is 0 Å². The first-order valence-electron chi connectivity index (χ1n) is 9.44. The highest BCUT2D eigenvalue weighted by molar-refractivity contribution is 7.92. The summed E-state index contributed by atoms with van der Waals surface area (Å²) in [6, 6.07) is 18.4. The molecule has 8 nitrogen and oxygen atoms in total. The first-order chi connectivity index (χ1) is 15.4. The Morgan fingerprint density at radius 3 is 2.03 bits per heavy atom. The molecule has 2 N–H and O–H groups in total. The van der Waals surface area contributed by atoms with Gasteiger partial charge in [0.25, 0.3) is 10.0 Å². The third-order valence-corrected chi connectivity index (χ3v) is 6.23. The van der Waals surface area contributed by atoms with E-state index in [0.29, 0.717) is 33.2 Å². The second kappa shape index (κ2) is 8.89. The molecule has 0 spiro atoms. The van der Waals surface area contributed by atoms with Crippen molar-refractivity contribution in [3.63, 3.8) is 0 Å². The summed E-state index contributed by atoms with van der Waals surface area (Å²) in [7, 11) is -0.903. The van der Waals surface area contributed by atoms with Gasteiger partial charge in [0, 0.05) is 6.07 Å². The van der Waals surface area contributed by atoms with E-state index in [-0.39, 0.29) is 16.5 Å². The van der Waals surface area contributed by atoms with Gasteiger partial charge < -0.3 is 14.8 Å². The van der Waals surface area contributed by atoms with Crippen LogP contribution in [-0.2, 0) is 10.0 Å². The fourth-order valence-electron chi connectivity index (χ4n) is 3.03. The molecule has 0 aliphatic rings. The molecule has 0 bridgehead atoms. The molecule has 4 aromatic rings. The molecule has 3 aromatic carbocycles. The second-order valence-electron chi connectivity index (χ2n) is 6.64. The number of rotatable bonds is 7. The number of anilines is 3. The average molecular weight is 471 g/mol. The van der Waals surface area contributed by atoms with Gasteiger partial charge in [-0.25, -0.2) is 18.4 Å². The van der Waals surface area contributed by atoms with Crippen molar-refractivity contribution < 1.29 is 17.9 Å². The Morgan fingerprint density at radius 1 is 0.812 bits per heavy atom. The third-order valence-electron chi connectivity index (χ3n) is 4.58. The minimum absolute atomic E-state index is 0.0292. The van der Waals surface area contributed by atoms with Gasteiger partial charge in [0.1, 0.15) is 11.5 Å². The molecule has 164 valence electrons. The summed E-state index contributed by atoms with van der Waals surface area (Å²) in [4.78, 5) is 9.15. The van der Waals surface area contributed by atoms with E-state index in [1.165, 1.54) is 26.4 Å². The Morgan fingerprint density at radius 2 is 1.41 bits per heavy atom. The number of fused-ring (bicyclic) bond motifs is 1. The lowest BCUT2D eigenvalue weighted by Crippen LogP contribution is -2.16. The summed E-state index contributed by atoms with van der Waals surface area (Å²) in [6.07, 6.45) is 0. The number of aromatic nitrogens is 2. The predicted molar refractivity (Wildman–Crippen MR) is 125 cm³/mol.